The summed E-state index contributed by atoms with van der Waals surface area (Å²) in [4.78, 5) is 32.5. The predicted octanol–water partition coefficient (Wildman–Crippen LogP) is 5.13. The maximum atomic E-state index is 12.7. The summed E-state index contributed by atoms with van der Waals surface area (Å²) >= 11 is 1.30. The number of thiazole rings is 1. The fourth-order valence-corrected chi connectivity index (χ4v) is 3.88. The molecule has 0 saturated carbocycles. The summed E-state index contributed by atoms with van der Waals surface area (Å²) in [5, 5.41) is 14.8. The van der Waals surface area contributed by atoms with Crippen molar-refractivity contribution in [1.82, 2.24) is 4.98 Å². The monoisotopic (exact) mass is 445 g/mol. The minimum Gasteiger partial charge on any atom is -0.497 e. The minimum absolute atomic E-state index is 0.0400. The zero-order valence-corrected chi connectivity index (χ0v) is 19.1. The number of hydrogen-bond donors (Lipinski definition) is 1. The summed E-state index contributed by atoms with van der Waals surface area (Å²) in [5.41, 5.74) is 1.62. The van der Waals surface area contributed by atoms with Gasteiger partial charge in [0.15, 0.2) is 5.13 Å². The zero-order valence-electron chi connectivity index (χ0n) is 18.3. The lowest BCUT2D eigenvalue weighted by Crippen LogP contribution is -2.18. The Bertz CT molecular complexity index is 1050. The first-order valence-electron chi connectivity index (χ1n) is 9.99. The second-order valence-electron chi connectivity index (χ2n) is 6.52. The van der Waals surface area contributed by atoms with Gasteiger partial charge in [-0.05, 0) is 42.3 Å². The molecule has 2 aromatic carbocycles. The van der Waals surface area contributed by atoms with E-state index in [1.807, 2.05) is 57.2 Å². The van der Waals surface area contributed by atoms with Gasteiger partial charge in [0.1, 0.15) is 12.4 Å². The molecule has 0 spiro atoms. The molecular weight excluding hydrogens is 418 g/mol. The Morgan fingerprint density at radius 1 is 1.23 bits per heavy atom. The number of rotatable bonds is 8. The van der Waals surface area contributed by atoms with Crippen molar-refractivity contribution in [1.29, 1.82) is 0 Å². The number of fused-ring (bicyclic) bond motifs is 1. The number of hydrogen-bond acceptors (Lipinski definition) is 7. The first-order valence-corrected chi connectivity index (χ1v) is 10.8. The summed E-state index contributed by atoms with van der Waals surface area (Å²) in [6.07, 6.45) is 0.365. The van der Waals surface area contributed by atoms with Crippen molar-refractivity contribution in [2.75, 3.05) is 19.0 Å². The number of nitrogens with zero attached hydrogens (tertiary/aromatic N) is 2. The number of anilines is 1. The molecule has 1 aromatic heterocycles. The quantitative estimate of drug-likeness (QED) is 0.381. The highest BCUT2D eigenvalue weighted by Gasteiger charge is 2.18. The van der Waals surface area contributed by atoms with Crippen LogP contribution in [0.3, 0.4) is 0 Å². The molecule has 0 fully saturated rings. The van der Waals surface area contributed by atoms with Crippen LogP contribution in [0.15, 0.2) is 36.4 Å². The van der Waals surface area contributed by atoms with Crippen molar-refractivity contribution < 1.29 is 19.5 Å². The van der Waals surface area contributed by atoms with Gasteiger partial charge in [-0.1, -0.05) is 38.1 Å². The highest BCUT2D eigenvalue weighted by molar-refractivity contribution is 7.15. The van der Waals surface area contributed by atoms with E-state index in [0.717, 1.165) is 32.7 Å². The van der Waals surface area contributed by atoms with Crippen LogP contribution in [0.2, 0.25) is 0 Å². The number of amides is 1. The molecule has 3 aromatic rings. The normalized spacial score (nSPS) is 11.3. The molecule has 0 aliphatic heterocycles. The van der Waals surface area contributed by atoms with Crippen molar-refractivity contribution in [2.45, 2.75) is 40.0 Å². The summed E-state index contributed by atoms with van der Waals surface area (Å²) < 4.78 is 5.24. The fourth-order valence-electron chi connectivity index (χ4n) is 2.93. The molecule has 9 heteroatoms. The second kappa shape index (κ2) is 11.3. The Hall–Kier alpha value is -3.20. The van der Waals surface area contributed by atoms with Crippen LogP contribution >= 0.6 is 11.3 Å². The third-order valence-corrected chi connectivity index (χ3v) is 5.75. The van der Waals surface area contributed by atoms with E-state index >= 15 is 0 Å². The van der Waals surface area contributed by atoms with E-state index in [1.54, 1.807) is 14.0 Å². The minimum atomic E-state index is -0.819. The molecule has 8 nitrogen and oxygen atoms in total. The van der Waals surface area contributed by atoms with E-state index in [1.165, 1.54) is 11.3 Å². The largest absolute Gasteiger partial charge is 0.497 e. The van der Waals surface area contributed by atoms with E-state index in [4.69, 9.17) is 4.74 Å². The summed E-state index contributed by atoms with van der Waals surface area (Å²) in [5.74, 6) is 0.251. The van der Waals surface area contributed by atoms with Gasteiger partial charge >= 0.3 is 0 Å². The SMILES string of the molecule is CC.COc1ccc2cc([C@H](C)C(=O)Nc3nc(C)c(CCO[N+](=O)[O-])s3)ccc2c1. The smallest absolute Gasteiger partial charge is 0.294 e. The molecule has 31 heavy (non-hydrogen) atoms. The summed E-state index contributed by atoms with van der Waals surface area (Å²) in [7, 11) is 1.63. The van der Waals surface area contributed by atoms with Crippen molar-refractivity contribution >= 4 is 33.1 Å². The van der Waals surface area contributed by atoms with Gasteiger partial charge < -0.3 is 14.9 Å². The van der Waals surface area contributed by atoms with E-state index in [-0.39, 0.29) is 18.4 Å². The zero-order chi connectivity index (χ0) is 23.0. The maximum Gasteiger partial charge on any atom is 0.294 e. The molecule has 0 radical (unpaired) electrons. The van der Waals surface area contributed by atoms with E-state index < -0.39 is 5.09 Å². The van der Waals surface area contributed by atoms with Crippen LogP contribution in [0.4, 0.5) is 5.13 Å². The van der Waals surface area contributed by atoms with Crippen LogP contribution in [0.1, 0.15) is 42.8 Å². The van der Waals surface area contributed by atoms with E-state index in [0.29, 0.717) is 11.6 Å². The number of nitrogens with one attached hydrogen (secondary N) is 1. The number of ether oxygens (including phenoxy) is 1. The van der Waals surface area contributed by atoms with Crippen molar-refractivity contribution in [3.05, 3.63) is 62.6 Å². The highest BCUT2D eigenvalue weighted by atomic mass is 32.1. The van der Waals surface area contributed by atoms with Crippen LogP contribution in [-0.4, -0.2) is 29.7 Å². The lowest BCUT2D eigenvalue weighted by molar-refractivity contribution is -0.757. The van der Waals surface area contributed by atoms with E-state index in [9.17, 15) is 14.9 Å². The fraction of sp³-hybridized carbons (Fsp3) is 0.364. The first-order chi connectivity index (χ1) is 14.9. The van der Waals surface area contributed by atoms with Gasteiger partial charge in [0.2, 0.25) is 5.91 Å². The number of benzene rings is 2. The molecule has 166 valence electrons. The molecule has 0 unspecified atom stereocenters. The van der Waals surface area contributed by atoms with Crippen LogP contribution in [0.5, 0.6) is 5.75 Å². The van der Waals surface area contributed by atoms with Crippen LogP contribution in [0, 0.1) is 17.0 Å². The predicted molar refractivity (Wildman–Crippen MR) is 122 cm³/mol. The summed E-state index contributed by atoms with van der Waals surface area (Å²) in [6, 6.07) is 11.7. The van der Waals surface area contributed by atoms with Gasteiger partial charge in [-0.2, -0.15) is 0 Å². The standard InChI is InChI=1S/C20H21N3O5S.C2H6/c1-12(14-4-5-16-11-17(27-3)7-6-15(16)10-14)19(24)22-20-21-13(2)18(29-20)8-9-28-23(25)26;1-2/h4-7,10-12H,8-9H2,1-3H3,(H,21,22,24);1-2H3/t12-;/m0./s1. The molecule has 0 bridgehead atoms. The molecule has 1 heterocycles. The third kappa shape index (κ3) is 6.39. The van der Waals surface area contributed by atoms with Crippen molar-refractivity contribution in [3.8, 4) is 5.75 Å². The van der Waals surface area contributed by atoms with Gasteiger partial charge in [0.25, 0.3) is 5.09 Å². The number of carbonyl (C=O) groups excluding carboxylic acids is 1. The van der Waals surface area contributed by atoms with Gasteiger partial charge in [0, 0.05) is 11.3 Å². The van der Waals surface area contributed by atoms with Crippen LogP contribution in [0.25, 0.3) is 10.8 Å². The summed E-state index contributed by atoms with van der Waals surface area (Å²) in [6.45, 7) is 7.60. The van der Waals surface area contributed by atoms with Gasteiger partial charge in [-0.15, -0.1) is 21.5 Å². The first kappa shape index (κ1) is 24.1. The van der Waals surface area contributed by atoms with Crippen molar-refractivity contribution in [3.63, 3.8) is 0 Å². The Morgan fingerprint density at radius 2 is 1.90 bits per heavy atom. The Morgan fingerprint density at radius 3 is 2.58 bits per heavy atom. The molecule has 0 saturated heterocycles. The van der Waals surface area contributed by atoms with Gasteiger partial charge in [-0.3, -0.25) is 4.79 Å². The molecule has 1 N–H and O–H groups in total. The number of methoxy groups -OCH3 is 1. The molecule has 0 aliphatic carbocycles. The van der Waals surface area contributed by atoms with Crippen LogP contribution < -0.4 is 10.1 Å². The highest BCUT2D eigenvalue weighted by Crippen LogP contribution is 2.27. The number of aryl methyl sites for hydroxylation is 1. The number of aromatic nitrogens is 1. The molecule has 1 amide bonds. The average molecular weight is 446 g/mol. The maximum absolute atomic E-state index is 12.7. The Labute approximate surface area is 185 Å². The Kier molecular flexibility index (Phi) is 8.75. The third-order valence-electron chi connectivity index (χ3n) is 4.61. The van der Waals surface area contributed by atoms with Crippen molar-refractivity contribution in [2.24, 2.45) is 0 Å². The van der Waals surface area contributed by atoms with E-state index in [2.05, 4.69) is 15.1 Å². The van der Waals surface area contributed by atoms with Gasteiger partial charge in [0.05, 0.1) is 18.7 Å². The average Bonchev–Trinajstić information content (AvgIpc) is 3.12. The lowest BCUT2D eigenvalue weighted by Gasteiger charge is -2.12. The lowest BCUT2D eigenvalue weighted by atomic mass is 9.97. The molecular formula is C22H27N3O5S. The Balaban J connectivity index is 0.00000166. The molecule has 1 atom stereocenters. The van der Waals surface area contributed by atoms with Crippen LogP contribution in [-0.2, 0) is 16.1 Å². The topological polar surface area (TPSA) is 104 Å². The number of carbonyl (C=O) groups is 1. The molecule has 3 rings (SSSR count). The van der Waals surface area contributed by atoms with Gasteiger partial charge in [-0.25, -0.2) is 4.98 Å². The molecule has 0 aliphatic rings. The second-order valence-corrected chi connectivity index (χ2v) is 7.60.